The molecule has 0 saturated carbocycles. The fourth-order valence-corrected chi connectivity index (χ4v) is 6.01. The van der Waals surface area contributed by atoms with Crippen LogP contribution in [-0.2, 0) is 25.7 Å². The second kappa shape index (κ2) is 15.0. The van der Waals surface area contributed by atoms with Crippen LogP contribution in [0.5, 0.6) is 0 Å². The minimum Gasteiger partial charge on any atom is -0.387 e. The molecule has 4 rings (SSSR count). The topological polar surface area (TPSA) is 138 Å². The minimum atomic E-state index is -1.04. The molecule has 0 radical (unpaired) electrons. The van der Waals surface area contributed by atoms with Crippen molar-refractivity contribution in [2.75, 3.05) is 26.2 Å². The summed E-state index contributed by atoms with van der Waals surface area (Å²) in [6.07, 6.45) is 1.90. The number of carbonyl (C=O) groups is 4. The maximum Gasteiger partial charge on any atom is 0.248 e. The summed E-state index contributed by atoms with van der Waals surface area (Å²) in [6, 6.07) is 12.8. The van der Waals surface area contributed by atoms with E-state index >= 15 is 0 Å². The molecular formula is C35H43F2N5O5. The van der Waals surface area contributed by atoms with Gasteiger partial charge in [-0.1, -0.05) is 58.0 Å². The number of amides is 4. The van der Waals surface area contributed by atoms with Gasteiger partial charge in [-0.05, 0) is 41.7 Å². The molecule has 1 aromatic heterocycles. The first-order valence-electron chi connectivity index (χ1n) is 15.7. The van der Waals surface area contributed by atoms with Crippen molar-refractivity contribution in [3.63, 3.8) is 0 Å². The molecule has 4 N–H and O–H groups in total. The van der Waals surface area contributed by atoms with Gasteiger partial charge in [-0.3, -0.25) is 24.1 Å². The number of hydrogen-bond acceptors (Lipinski definition) is 6. The first-order chi connectivity index (χ1) is 22.2. The van der Waals surface area contributed by atoms with E-state index in [9.17, 15) is 33.1 Å². The third-order valence-electron chi connectivity index (χ3n) is 8.35. The summed E-state index contributed by atoms with van der Waals surface area (Å²) < 4.78 is 31.1. The van der Waals surface area contributed by atoms with E-state index in [1.165, 1.54) is 4.90 Å². The summed E-state index contributed by atoms with van der Waals surface area (Å²) in [5, 5.41) is 12.7. The number of imide groups is 1. The largest absolute Gasteiger partial charge is 0.387 e. The highest BCUT2D eigenvalue weighted by molar-refractivity contribution is 6.03. The van der Waals surface area contributed by atoms with Crippen LogP contribution in [0.2, 0.25) is 0 Å². The number of aliphatic hydroxyl groups is 1. The molecule has 12 heteroatoms. The van der Waals surface area contributed by atoms with Crippen molar-refractivity contribution in [2.45, 2.75) is 59.2 Å². The molecule has 3 atom stereocenters. The fraction of sp³-hybridized carbons (Fsp3) is 0.429. The minimum absolute atomic E-state index is 0.00327. The van der Waals surface area contributed by atoms with Gasteiger partial charge in [0, 0.05) is 61.5 Å². The number of likely N-dealkylation sites (tertiary alicyclic amines) is 1. The van der Waals surface area contributed by atoms with Gasteiger partial charge in [0.1, 0.15) is 18.2 Å². The molecule has 1 aliphatic heterocycles. The maximum atomic E-state index is 15.0. The lowest BCUT2D eigenvalue weighted by Crippen LogP contribution is -2.48. The average molecular weight is 652 g/mol. The molecule has 4 amide bonds. The van der Waals surface area contributed by atoms with Gasteiger partial charge in [-0.25, -0.2) is 8.78 Å². The van der Waals surface area contributed by atoms with Crippen molar-refractivity contribution in [1.82, 2.24) is 19.7 Å². The molecule has 252 valence electrons. The van der Waals surface area contributed by atoms with Crippen LogP contribution in [0.15, 0.2) is 60.8 Å². The molecule has 1 saturated heterocycles. The monoisotopic (exact) mass is 651 g/mol. The highest BCUT2D eigenvalue weighted by Gasteiger charge is 2.38. The lowest BCUT2D eigenvalue weighted by Gasteiger charge is -2.41. The molecule has 1 fully saturated rings. The highest BCUT2D eigenvalue weighted by atomic mass is 19.1. The number of aromatic nitrogens is 1. The van der Waals surface area contributed by atoms with Gasteiger partial charge in [0.2, 0.25) is 23.6 Å². The van der Waals surface area contributed by atoms with Crippen LogP contribution in [0, 0.1) is 23.0 Å². The molecule has 0 aliphatic carbocycles. The number of benzene rings is 2. The van der Waals surface area contributed by atoms with E-state index in [0.29, 0.717) is 17.8 Å². The van der Waals surface area contributed by atoms with Crippen molar-refractivity contribution in [3.8, 4) is 11.1 Å². The highest BCUT2D eigenvalue weighted by Crippen LogP contribution is 2.41. The van der Waals surface area contributed by atoms with E-state index < -0.39 is 47.6 Å². The zero-order valence-corrected chi connectivity index (χ0v) is 27.2. The summed E-state index contributed by atoms with van der Waals surface area (Å²) >= 11 is 0. The second-order valence-corrected chi connectivity index (χ2v) is 13.1. The summed E-state index contributed by atoms with van der Waals surface area (Å²) in [5.74, 6) is -3.25. The molecule has 1 unspecified atom stereocenters. The standard InChI is InChI=1S/C35H43F2N5O5/c1-22-16-30(44)42(34(22)47)15-13-39-33(46)28(38)12-14-41(31(45)21-43)32(35(2,3)4)29-17-24(26-18-25(36)10-11-27(26)37)20-40(29)19-23-8-6-5-7-9-23/h5-11,17-18,20,22,28,32,43H,12-16,19,21,38H2,1-4H3,(H,39,46)/t22?,28-,32-/m0/s1. The van der Waals surface area contributed by atoms with Gasteiger partial charge in [0.15, 0.2) is 0 Å². The number of rotatable bonds is 13. The maximum absolute atomic E-state index is 15.0. The van der Waals surface area contributed by atoms with Gasteiger partial charge in [0.25, 0.3) is 0 Å². The summed E-state index contributed by atoms with van der Waals surface area (Å²) in [4.78, 5) is 53.0. The zero-order chi connectivity index (χ0) is 34.5. The molecule has 2 heterocycles. The lowest BCUT2D eigenvalue weighted by atomic mass is 9.82. The van der Waals surface area contributed by atoms with Crippen molar-refractivity contribution >= 4 is 23.6 Å². The number of halogens is 2. The number of aliphatic hydroxyl groups excluding tert-OH is 1. The van der Waals surface area contributed by atoms with Gasteiger partial charge in [-0.2, -0.15) is 0 Å². The molecule has 0 bridgehead atoms. The summed E-state index contributed by atoms with van der Waals surface area (Å²) in [5.41, 5.74) is 7.64. The molecule has 47 heavy (non-hydrogen) atoms. The van der Waals surface area contributed by atoms with Gasteiger partial charge >= 0.3 is 0 Å². The van der Waals surface area contributed by atoms with Gasteiger partial charge < -0.3 is 25.6 Å². The Bertz CT molecular complexity index is 1600. The zero-order valence-electron chi connectivity index (χ0n) is 27.2. The predicted octanol–water partition coefficient (Wildman–Crippen LogP) is 3.62. The van der Waals surface area contributed by atoms with Gasteiger partial charge in [0.05, 0.1) is 12.1 Å². The van der Waals surface area contributed by atoms with Gasteiger partial charge in [-0.15, -0.1) is 0 Å². The van der Waals surface area contributed by atoms with E-state index in [1.54, 1.807) is 19.2 Å². The quantitative estimate of drug-likeness (QED) is 0.242. The lowest BCUT2D eigenvalue weighted by molar-refractivity contribution is -0.140. The van der Waals surface area contributed by atoms with Crippen LogP contribution in [0.25, 0.3) is 11.1 Å². The third kappa shape index (κ3) is 8.49. The van der Waals surface area contributed by atoms with Crippen LogP contribution in [0.3, 0.4) is 0 Å². The Morgan fingerprint density at radius 2 is 1.81 bits per heavy atom. The number of nitrogens with zero attached hydrogens (tertiary/aromatic N) is 3. The molecular weight excluding hydrogens is 608 g/mol. The Morgan fingerprint density at radius 1 is 1.11 bits per heavy atom. The number of nitrogens with two attached hydrogens (primary N) is 1. The Balaban J connectivity index is 1.60. The van der Waals surface area contributed by atoms with Crippen LogP contribution in [0.4, 0.5) is 8.78 Å². The van der Waals surface area contributed by atoms with Crippen molar-refractivity contribution in [2.24, 2.45) is 17.1 Å². The molecule has 3 aromatic rings. The number of carbonyl (C=O) groups excluding carboxylic acids is 4. The van der Waals surface area contributed by atoms with Crippen LogP contribution >= 0.6 is 0 Å². The van der Waals surface area contributed by atoms with Crippen molar-refractivity contribution < 1.29 is 33.1 Å². The van der Waals surface area contributed by atoms with Crippen LogP contribution < -0.4 is 11.1 Å². The molecule has 1 aliphatic rings. The third-order valence-corrected chi connectivity index (χ3v) is 8.35. The predicted molar refractivity (Wildman–Crippen MR) is 172 cm³/mol. The van der Waals surface area contributed by atoms with E-state index in [1.807, 2.05) is 55.7 Å². The second-order valence-electron chi connectivity index (χ2n) is 13.1. The van der Waals surface area contributed by atoms with E-state index in [-0.39, 0.29) is 55.8 Å². The molecule has 2 aromatic carbocycles. The van der Waals surface area contributed by atoms with Crippen LogP contribution in [-0.4, -0.2) is 75.4 Å². The first-order valence-corrected chi connectivity index (χ1v) is 15.7. The Kier molecular flexibility index (Phi) is 11.3. The van der Waals surface area contributed by atoms with Crippen LogP contribution in [0.1, 0.15) is 57.8 Å². The van der Waals surface area contributed by atoms with Crippen molar-refractivity contribution in [1.29, 1.82) is 0 Å². The Labute approximate surface area is 273 Å². The Morgan fingerprint density at radius 3 is 2.43 bits per heavy atom. The summed E-state index contributed by atoms with van der Waals surface area (Å²) in [6.45, 7) is 7.08. The van der Waals surface area contributed by atoms with E-state index in [2.05, 4.69) is 5.32 Å². The average Bonchev–Trinajstić information content (AvgIpc) is 3.53. The Hall–Kier alpha value is -4.42. The summed E-state index contributed by atoms with van der Waals surface area (Å²) in [7, 11) is 0. The first kappa shape index (κ1) is 35.4. The van der Waals surface area contributed by atoms with Crippen molar-refractivity contribution in [3.05, 3.63) is 83.7 Å². The number of nitrogens with one attached hydrogen (secondary N) is 1. The fourth-order valence-electron chi connectivity index (χ4n) is 6.01. The van der Waals surface area contributed by atoms with E-state index in [4.69, 9.17) is 5.73 Å². The smallest absolute Gasteiger partial charge is 0.248 e. The van der Waals surface area contributed by atoms with E-state index in [0.717, 1.165) is 28.7 Å². The molecule has 10 nitrogen and oxygen atoms in total. The normalized spacial score (nSPS) is 16.3. The SMILES string of the molecule is CC1CC(=O)N(CCNC(=O)[C@@H](N)CCN(C(=O)CO)[C@@H](c2cc(-c3cc(F)ccc3F)cn2Cc2ccccc2)C(C)(C)C)C1=O. The molecule has 0 spiro atoms. The number of hydrogen-bond donors (Lipinski definition) is 3.